The lowest BCUT2D eigenvalue weighted by molar-refractivity contribution is -0.124. The summed E-state index contributed by atoms with van der Waals surface area (Å²) in [5.74, 6) is -0.257. The van der Waals surface area contributed by atoms with Crippen LogP contribution in [0.2, 0.25) is 10.0 Å². The Morgan fingerprint density at radius 1 is 1.29 bits per heavy atom. The first-order valence-electron chi connectivity index (χ1n) is 7.68. The molecular weight excluding hydrogens is 365 g/mol. The van der Waals surface area contributed by atoms with Gasteiger partial charge in [-0.2, -0.15) is 5.26 Å². The van der Waals surface area contributed by atoms with Crippen LogP contribution in [0.1, 0.15) is 32.1 Å². The number of benzene rings is 1. The van der Waals surface area contributed by atoms with Crippen molar-refractivity contribution in [1.29, 1.82) is 5.26 Å². The number of hydrogen-bond acceptors (Lipinski definition) is 4. The van der Waals surface area contributed by atoms with Gasteiger partial charge in [0.15, 0.2) is 5.13 Å². The van der Waals surface area contributed by atoms with E-state index >= 15 is 0 Å². The van der Waals surface area contributed by atoms with Crippen LogP contribution in [0.15, 0.2) is 23.6 Å². The SMILES string of the molecule is N#CC1(C(=O)Nc2nc(-c3ccc(Cl)cc3Cl)cs2)CCCCC1. The molecule has 0 spiro atoms. The summed E-state index contributed by atoms with van der Waals surface area (Å²) in [5, 5.41) is 15.6. The minimum absolute atomic E-state index is 0.257. The van der Waals surface area contributed by atoms with E-state index in [2.05, 4.69) is 16.4 Å². The van der Waals surface area contributed by atoms with Gasteiger partial charge in [-0.3, -0.25) is 4.79 Å². The van der Waals surface area contributed by atoms with Gasteiger partial charge in [-0.25, -0.2) is 4.98 Å². The van der Waals surface area contributed by atoms with Crippen LogP contribution in [0.3, 0.4) is 0 Å². The Morgan fingerprint density at radius 3 is 2.71 bits per heavy atom. The number of thiazole rings is 1. The van der Waals surface area contributed by atoms with Gasteiger partial charge in [-0.15, -0.1) is 11.3 Å². The summed E-state index contributed by atoms with van der Waals surface area (Å²) >= 11 is 13.4. The third kappa shape index (κ3) is 3.41. The van der Waals surface area contributed by atoms with Crippen molar-refractivity contribution < 1.29 is 4.79 Å². The normalized spacial score (nSPS) is 16.4. The minimum Gasteiger partial charge on any atom is -0.301 e. The number of nitrogens with one attached hydrogen (secondary N) is 1. The predicted octanol–water partition coefficient (Wildman–Crippen LogP) is 5.53. The maximum absolute atomic E-state index is 12.6. The zero-order valence-electron chi connectivity index (χ0n) is 12.8. The molecular formula is C17H15Cl2N3OS. The summed E-state index contributed by atoms with van der Waals surface area (Å²) in [4.78, 5) is 17.0. The molecule has 1 saturated carbocycles. The molecule has 2 aromatic rings. The van der Waals surface area contributed by atoms with Crippen molar-refractivity contribution in [2.45, 2.75) is 32.1 Å². The Balaban J connectivity index is 1.79. The zero-order chi connectivity index (χ0) is 17.2. The molecule has 0 radical (unpaired) electrons. The number of carbonyl (C=O) groups excluding carboxylic acids is 1. The second-order valence-corrected chi connectivity index (χ2v) is 7.57. The number of carbonyl (C=O) groups is 1. The average Bonchev–Trinajstić information content (AvgIpc) is 3.03. The predicted molar refractivity (Wildman–Crippen MR) is 97.3 cm³/mol. The standard InChI is InChI=1S/C17H15Cl2N3OS/c18-11-4-5-12(13(19)8-11)14-9-24-16(21-14)22-15(23)17(10-20)6-2-1-3-7-17/h4-5,8-9H,1-3,6-7H2,(H,21,22,23). The molecule has 0 aliphatic heterocycles. The monoisotopic (exact) mass is 379 g/mol. The third-order valence-electron chi connectivity index (χ3n) is 4.29. The van der Waals surface area contributed by atoms with E-state index < -0.39 is 5.41 Å². The first kappa shape index (κ1) is 17.2. The van der Waals surface area contributed by atoms with E-state index in [9.17, 15) is 10.1 Å². The number of nitriles is 1. The fourth-order valence-electron chi connectivity index (χ4n) is 2.91. The van der Waals surface area contributed by atoms with Crippen molar-refractivity contribution in [3.05, 3.63) is 33.6 Å². The molecule has 1 heterocycles. The van der Waals surface area contributed by atoms with E-state index in [0.29, 0.717) is 33.7 Å². The summed E-state index contributed by atoms with van der Waals surface area (Å²) in [5.41, 5.74) is 0.499. The highest BCUT2D eigenvalue weighted by atomic mass is 35.5. The van der Waals surface area contributed by atoms with Crippen LogP contribution in [0.25, 0.3) is 11.3 Å². The highest BCUT2D eigenvalue weighted by molar-refractivity contribution is 7.14. The van der Waals surface area contributed by atoms with Gasteiger partial charge in [0.1, 0.15) is 5.41 Å². The zero-order valence-corrected chi connectivity index (χ0v) is 15.1. The fourth-order valence-corrected chi connectivity index (χ4v) is 4.12. The third-order valence-corrected chi connectivity index (χ3v) is 5.59. The van der Waals surface area contributed by atoms with Crippen LogP contribution in [0, 0.1) is 16.7 Å². The molecule has 7 heteroatoms. The Kier molecular flexibility index (Phi) is 5.09. The van der Waals surface area contributed by atoms with Gasteiger partial charge < -0.3 is 5.32 Å². The lowest BCUT2D eigenvalue weighted by Gasteiger charge is -2.28. The average molecular weight is 380 g/mol. The maximum Gasteiger partial charge on any atom is 0.246 e. The summed E-state index contributed by atoms with van der Waals surface area (Å²) in [7, 11) is 0. The van der Waals surface area contributed by atoms with E-state index in [4.69, 9.17) is 23.2 Å². The van der Waals surface area contributed by atoms with Crippen molar-refractivity contribution in [1.82, 2.24) is 4.98 Å². The highest BCUT2D eigenvalue weighted by Gasteiger charge is 2.40. The van der Waals surface area contributed by atoms with Gasteiger partial charge in [-0.1, -0.05) is 42.5 Å². The number of hydrogen-bond donors (Lipinski definition) is 1. The van der Waals surface area contributed by atoms with Crippen molar-refractivity contribution in [2.75, 3.05) is 5.32 Å². The molecule has 1 aromatic carbocycles. The smallest absolute Gasteiger partial charge is 0.246 e. The van der Waals surface area contributed by atoms with Crippen molar-refractivity contribution >= 4 is 45.6 Å². The second-order valence-electron chi connectivity index (χ2n) is 5.87. The van der Waals surface area contributed by atoms with Crippen LogP contribution < -0.4 is 5.32 Å². The molecule has 0 bridgehead atoms. The molecule has 0 unspecified atom stereocenters. The van der Waals surface area contributed by atoms with E-state index in [1.165, 1.54) is 11.3 Å². The number of amides is 1. The summed E-state index contributed by atoms with van der Waals surface area (Å²) < 4.78 is 0. The van der Waals surface area contributed by atoms with Crippen molar-refractivity contribution in [3.8, 4) is 17.3 Å². The van der Waals surface area contributed by atoms with Gasteiger partial charge in [0.2, 0.25) is 5.91 Å². The Hall–Kier alpha value is -1.61. The number of nitrogens with zero attached hydrogens (tertiary/aromatic N) is 2. The molecule has 1 aromatic heterocycles. The molecule has 1 aliphatic rings. The summed E-state index contributed by atoms with van der Waals surface area (Å²) in [6.07, 6.45) is 4.11. The summed E-state index contributed by atoms with van der Waals surface area (Å²) in [6.45, 7) is 0. The number of halogens is 2. The second kappa shape index (κ2) is 7.10. The van der Waals surface area contributed by atoms with Crippen molar-refractivity contribution in [3.63, 3.8) is 0 Å². The van der Waals surface area contributed by atoms with Crippen LogP contribution in [-0.2, 0) is 4.79 Å². The lowest BCUT2D eigenvalue weighted by atomic mass is 9.74. The number of anilines is 1. The molecule has 3 rings (SSSR count). The molecule has 1 amide bonds. The van der Waals surface area contributed by atoms with Crippen molar-refractivity contribution in [2.24, 2.45) is 5.41 Å². The summed E-state index contributed by atoms with van der Waals surface area (Å²) in [6, 6.07) is 7.41. The van der Waals surface area contributed by atoms with E-state index in [1.807, 2.05) is 5.38 Å². The highest BCUT2D eigenvalue weighted by Crippen LogP contribution is 2.38. The Bertz CT molecular complexity index is 806. The van der Waals surface area contributed by atoms with Gasteiger partial charge in [0.05, 0.1) is 16.8 Å². The molecule has 0 saturated heterocycles. The first-order chi connectivity index (χ1) is 11.5. The molecule has 1 N–H and O–H groups in total. The molecule has 1 fully saturated rings. The minimum atomic E-state index is -0.929. The molecule has 0 atom stereocenters. The molecule has 24 heavy (non-hydrogen) atoms. The van der Waals surface area contributed by atoms with Gasteiger partial charge in [-0.05, 0) is 31.0 Å². The van der Waals surface area contributed by atoms with E-state index in [-0.39, 0.29) is 5.91 Å². The van der Waals surface area contributed by atoms with Crippen LogP contribution in [-0.4, -0.2) is 10.9 Å². The molecule has 1 aliphatic carbocycles. The molecule has 124 valence electrons. The van der Waals surface area contributed by atoms with Crippen LogP contribution >= 0.6 is 34.5 Å². The fraction of sp³-hybridized carbons (Fsp3) is 0.353. The number of aromatic nitrogens is 1. The number of rotatable bonds is 3. The van der Waals surface area contributed by atoms with E-state index in [1.54, 1.807) is 18.2 Å². The topological polar surface area (TPSA) is 65.8 Å². The van der Waals surface area contributed by atoms with Gasteiger partial charge >= 0.3 is 0 Å². The van der Waals surface area contributed by atoms with Gasteiger partial charge in [0.25, 0.3) is 0 Å². The van der Waals surface area contributed by atoms with Crippen LogP contribution in [0.5, 0.6) is 0 Å². The Labute approximate surface area is 154 Å². The van der Waals surface area contributed by atoms with E-state index in [0.717, 1.165) is 24.8 Å². The maximum atomic E-state index is 12.6. The Morgan fingerprint density at radius 2 is 2.04 bits per heavy atom. The largest absolute Gasteiger partial charge is 0.301 e. The van der Waals surface area contributed by atoms with Crippen LogP contribution in [0.4, 0.5) is 5.13 Å². The molecule has 4 nitrogen and oxygen atoms in total. The first-order valence-corrected chi connectivity index (χ1v) is 9.31. The quantitative estimate of drug-likeness (QED) is 0.761. The lowest BCUT2D eigenvalue weighted by Crippen LogP contribution is -2.36. The van der Waals surface area contributed by atoms with Gasteiger partial charge in [0, 0.05) is 16.0 Å².